The third-order valence-corrected chi connectivity index (χ3v) is 7.17. The van der Waals surface area contributed by atoms with Crippen LogP contribution in [0.15, 0.2) is 54.7 Å². The first-order chi connectivity index (χ1) is 17.6. The highest BCUT2D eigenvalue weighted by Crippen LogP contribution is 2.27. The van der Waals surface area contributed by atoms with E-state index in [-0.39, 0.29) is 23.6 Å². The third-order valence-electron chi connectivity index (χ3n) is 7.17. The molecule has 2 aliphatic rings. The van der Waals surface area contributed by atoms with Crippen molar-refractivity contribution in [2.24, 2.45) is 11.8 Å². The van der Waals surface area contributed by atoms with E-state index in [1.54, 1.807) is 12.1 Å². The van der Waals surface area contributed by atoms with Gasteiger partial charge in [-0.2, -0.15) is 0 Å². The number of carbonyl (C=O) groups is 1. The number of rotatable bonds is 9. The Kier molecular flexibility index (Phi) is 8.15. The van der Waals surface area contributed by atoms with Crippen molar-refractivity contribution >= 4 is 16.8 Å². The van der Waals surface area contributed by atoms with Crippen LogP contribution in [0.1, 0.15) is 12.0 Å². The van der Waals surface area contributed by atoms with Gasteiger partial charge < -0.3 is 19.8 Å². The molecule has 192 valence electrons. The summed E-state index contributed by atoms with van der Waals surface area (Å²) in [7, 11) is 0. The van der Waals surface area contributed by atoms with Crippen molar-refractivity contribution in [1.82, 2.24) is 20.1 Å². The number of nitrogens with zero attached hydrogens (tertiary/aromatic N) is 2. The van der Waals surface area contributed by atoms with Gasteiger partial charge in [0.05, 0.1) is 25.7 Å². The van der Waals surface area contributed by atoms with Crippen LogP contribution in [0.2, 0.25) is 0 Å². The zero-order chi connectivity index (χ0) is 24.7. The highest BCUT2D eigenvalue weighted by atomic mass is 19.1. The molecule has 0 saturated carbocycles. The molecule has 7 nitrogen and oxygen atoms in total. The summed E-state index contributed by atoms with van der Waals surface area (Å²) in [6.07, 6.45) is 2.82. The molecule has 1 amide bonds. The third kappa shape index (κ3) is 6.43. The summed E-state index contributed by atoms with van der Waals surface area (Å²) in [5, 5.41) is 4.38. The summed E-state index contributed by atoms with van der Waals surface area (Å²) in [5.74, 6) is 0.365. The molecular formula is C28H35FN4O3. The first-order valence-corrected chi connectivity index (χ1v) is 12.9. The number of carbonyl (C=O) groups excluding carboxylic acids is 1. The van der Waals surface area contributed by atoms with E-state index in [4.69, 9.17) is 9.47 Å². The molecule has 2 saturated heterocycles. The van der Waals surface area contributed by atoms with Crippen LogP contribution in [-0.2, 0) is 16.1 Å². The summed E-state index contributed by atoms with van der Waals surface area (Å²) in [5.41, 5.74) is 2.34. The minimum absolute atomic E-state index is 0.0997. The maximum absolute atomic E-state index is 13.6. The standard InChI is InChI=1S/C28H35FN4O3/c29-24-4-3-5-25(15-24)36-20-21-14-22(28(34)30-8-9-32-10-12-35-13-11-32)18-33(17-21)19-23-16-31-27-7-2-1-6-26(23)27/h1-7,15-16,21-22,31H,8-14,17-20H2,(H,30,34)/t21-,22+/m0/s1. The molecule has 36 heavy (non-hydrogen) atoms. The van der Waals surface area contributed by atoms with E-state index >= 15 is 0 Å². The Hall–Kier alpha value is -2.94. The second-order valence-corrected chi connectivity index (χ2v) is 9.87. The Morgan fingerprint density at radius 2 is 1.97 bits per heavy atom. The van der Waals surface area contributed by atoms with Crippen molar-refractivity contribution in [3.05, 3.63) is 66.1 Å². The first-order valence-electron chi connectivity index (χ1n) is 12.9. The summed E-state index contributed by atoms with van der Waals surface area (Å²) in [4.78, 5) is 21.2. The van der Waals surface area contributed by atoms with E-state index in [2.05, 4.69) is 44.5 Å². The predicted octanol–water partition coefficient (Wildman–Crippen LogP) is 3.27. The molecule has 0 radical (unpaired) electrons. The van der Waals surface area contributed by atoms with E-state index in [1.807, 2.05) is 6.07 Å². The number of morpholine rings is 1. The summed E-state index contributed by atoms with van der Waals surface area (Å²) in [6.45, 7) is 7.57. The van der Waals surface area contributed by atoms with Crippen LogP contribution < -0.4 is 10.1 Å². The van der Waals surface area contributed by atoms with Gasteiger partial charge in [0.25, 0.3) is 0 Å². The van der Waals surface area contributed by atoms with E-state index in [1.165, 1.54) is 23.1 Å². The normalized spacial score (nSPS) is 21.5. The van der Waals surface area contributed by atoms with Crippen LogP contribution in [0.4, 0.5) is 4.39 Å². The number of amides is 1. The van der Waals surface area contributed by atoms with Gasteiger partial charge in [-0.3, -0.25) is 14.6 Å². The Bertz CT molecular complexity index is 1150. The minimum Gasteiger partial charge on any atom is -0.493 e. The summed E-state index contributed by atoms with van der Waals surface area (Å²) < 4.78 is 25.0. The maximum Gasteiger partial charge on any atom is 0.224 e. The number of para-hydroxylation sites is 1. The smallest absolute Gasteiger partial charge is 0.224 e. The molecule has 2 atom stereocenters. The number of ether oxygens (including phenoxy) is 2. The van der Waals surface area contributed by atoms with Gasteiger partial charge in [-0.05, 0) is 30.2 Å². The molecule has 0 spiro atoms. The molecule has 2 aliphatic heterocycles. The average Bonchev–Trinajstić information content (AvgIpc) is 3.31. The Labute approximate surface area is 211 Å². The Morgan fingerprint density at radius 3 is 2.83 bits per heavy atom. The summed E-state index contributed by atoms with van der Waals surface area (Å²) >= 11 is 0. The Balaban J connectivity index is 1.22. The molecule has 5 rings (SSSR count). The number of piperidine rings is 1. The highest BCUT2D eigenvalue weighted by molar-refractivity contribution is 5.83. The van der Waals surface area contributed by atoms with Crippen molar-refractivity contribution in [3.63, 3.8) is 0 Å². The number of nitrogens with one attached hydrogen (secondary N) is 2. The van der Waals surface area contributed by atoms with Gasteiger partial charge in [0, 0.05) is 74.9 Å². The van der Waals surface area contributed by atoms with E-state index in [9.17, 15) is 9.18 Å². The van der Waals surface area contributed by atoms with Crippen molar-refractivity contribution in [3.8, 4) is 5.75 Å². The maximum atomic E-state index is 13.6. The van der Waals surface area contributed by atoms with Crippen LogP contribution in [0, 0.1) is 17.7 Å². The predicted molar refractivity (Wildman–Crippen MR) is 137 cm³/mol. The van der Waals surface area contributed by atoms with Crippen LogP contribution in [-0.4, -0.2) is 79.8 Å². The average molecular weight is 495 g/mol. The fourth-order valence-corrected chi connectivity index (χ4v) is 5.32. The zero-order valence-electron chi connectivity index (χ0n) is 20.6. The van der Waals surface area contributed by atoms with E-state index < -0.39 is 0 Å². The number of aromatic nitrogens is 1. The van der Waals surface area contributed by atoms with Crippen molar-refractivity contribution in [2.75, 3.05) is 59.1 Å². The van der Waals surface area contributed by atoms with E-state index in [0.29, 0.717) is 25.4 Å². The van der Waals surface area contributed by atoms with Gasteiger partial charge >= 0.3 is 0 Å². The summed E-state index contributed by atoms with van der Waals surface area (Å²) in [6, 6.07) is 14.5. The van der Waals surface area contributed by atoms with Gasteiger partial charge in [-0.1, -0.05) is 24.3 Å². The molecule has 0 bridgehead atoms. The lowest BCUT2D eigenvalue weighted by atomic mass is 9.88. The molecule has 2 aromatic carbocycles. The topological polar surface area (TPSA) is 69.8 Å². The SMILES string of the molecule is O=C(NCCN1CCOCC1)[C@@H]1C[C@H](COc2cccc(F)c2)CN(Cc2c[nH]c3ccccc23)C1. The first kappa shape index (κ1) is 24.7. The van der Waals surface area contributed by atoms with Crippen LogP contribution in [0.3, 0.4) is 0 Å². The monoisotopic (exact) mass is 494 g/mol. The number of hydrogen-bond donors (Lipinski definition) is 2. The molecule has 2 N–H and O–H groups in total. The molecular weight excluding hydrogens is 459 g/mol. The van der Waals surface area contributed by atoms with Crippen molar-refractivity contribution in [2.45, 2.75) is 13.0 Å². The number of benzene rings is 2. The lowest BCUT2D eigenvalue weighted by molar-refractivity contribution is -0.127. The quantitative estimate of drug-likeness (QED) is 0.478. The van der Waals surface area contributed by atoms with Gasteiger partial charge in [0.15, 0.2) is 0 Å². The van der Waals surface area contributed by atoms with Gasteiger partial charge in [0.1, 0.15) is 11.6 Å². The number of halogens is 1. The number of aromatic amines is 1. The molecule has 8 heteroatoms. The zero-order valence-corrected chi connectivity index (χ0v) is 20.6. The lowest BCUT2D eigenvalue weighted by Gasteiger charge is -2.37. The number of hydrogen-bond acceptors (Lipinski definition) is 5. The van der Waals surface area contributed by atoms with Crippen LogP contribution in [0.5, 0.6) is 5.75 Å². The van der Waals surface area contributed by atoms with Crippen molar-refractivity contribution < 1.29 is 18.7 Å². The molecule has 0 unspecified atom stereocenters. The largest absolute Gasteiger partial charge is 0.493 e. The second-order valence-electron chi connectivity index (χ2n) is 9.87. The fourth-order valence-electron chi connectivity index (χ4n) is 5.32. The van der Waals surface area contributed by atoms with Gasteiger partial charge in [-0.25, -0.2) is 4.39 Å². The van der Waals surface area contributed by atoms with Crippen LogP contribution in [0.25, 0.3) is 10.9 Å². The van der Waals surface area contributed by atoms with Gasteiger partial charge in [-0.15, -0.1) is 0 Å². The van der Waals surface area contributed by atoms with Gasteiger partial charge in [0.2, 0.25) is 5.91 Å². The minimum atomic E-state index is -0.311. The number of fused-ring (bicyclic) bond motifs is 1. The second kappa shape index (κ2) is 11.9. The van der Waals surface area contributed by atoms with Crippen molar-refractivity contribution in [1.29, 1.82) is 0 Å². The number of H-pyrrole nitrogens is 1. The highest BCUT2D eigenvalue weighted by Gasteiger charge is 2.32. The molecule has 2 fully saturated rings. The number of likely N-dealkylation sites (tertiary alicyclic amines) is 1. The molecule has 0 aliphatic carbocycles. The molecule has 3 heterocycles. The van der Waals surface area contributed by atoms with Crippen LogP contribution >= 0.6 is 0 Å². The fraction of sp³-hybridized carbons (Fsp3) is 0.464. The Morgan fingerprint density at radius 1 is 1.11 bits per heavy atom. The van der Waals surface area contributed by atoms with E-state index in [0.717, 1.165) is 57.9 Å². The molecule has 1 aromatic heterocycles. The molecule has 3 aromatic rings. The lowest BCUT2D eigenvalue weighted by Crippen LogP contribution is -2.48.